The van der Waals surface area contributed by atoms with Gasteiger partial charge in [-0.1, -0.05) is 20.8 Å². The Balaban J connectivity index is 1.95. The van der Waals surface area contributed by atoms with Crippen LogP contribution in [-0.2, 0) is 0 Å². The summed E-state index contributed by atoms with van der Waals surface area (Å²) in [5, 5.41) is 6.42. The Bertz CT molecular complexity index is 496. The minimum absolute atomic E-state index is 0.0604. The van der Waals surface area contributed by atoms with Crippen molar-refractivity contribution in [2.75, 3.05) is 5.32 Å². The van der Waals surface area contributed by atoms with Gasteiger partial charge in [-0.05, 0) is 50.7 Å². The van der Waals surface area contributed by atoms with Gasteiger partial charge in [0.1, 0.15) is 5.82 Å². The highest BCUT2D eigenvalue weighted by Gasteiger charge is 2.27. The maximum atomic E-state index is 12.3. The lowest BCUT2D eigenvalue weighted by atomic mass is 9.81. The lowest BCUT2D eigenvalue weighted by Crippen LogP contribution is -2.45. The molecule has 0 saturated heterocycles. The fourth-order valence-corrected chi connectivity index (χ4v) is 2.80. The van der Waals surface area contributed by atoms with Crippen LogP contribution in [0.4, 0.5) is 5.82 Å². The number of nitrogens with one attached hydrogen (secondary N) is 2. The molecule has 0 atom stereocenters. The zero-order chi connectivity index (χ0) is 15.7. The van der Waals surface area contributed by atoms with Crippen molar-refractivity contribution in [2.24, 2.45) is 5.41 Å². The minimum Gasteiger partial charge on any atom is -0.367 e. The number of hydrogen-bond donors (Lipinski definition) is 2. The second kappa shape index (κ2) is 5.66. The van der Waals surface area contributed by atoms with Crippen molar-refractivity contribution < 1.29 is 4.79 Å². The van der Waals surface area contributed by atoms with Gasteiger partial charge in [0.05, 0.1) is 5.56 Å². The molecule has 1 aliphatic rings. The number of pyridine rings is 1. The highest BCUT2D eigenvalue weighted by Crippen LogP contribution is 2.27. The molecule has 0 radical (unpaired) electrons. The van der Waals surface area contributed by atoms with Gasteiger partial charge in [-0.3, -0.25) is 4.79 Å². The summed E-state index contributed by atoms with van der Waals surface area (Å²) in [5.74, 6) is 0.790. The lowest BCUT2D eigenvalue weighted by molar-refractivity contribution is 0.0891. The number of carbonyl (C=O) groups is 1. The van der Waals surface area contributed by atoms with Gasteiger partial charge in [-0.2, -0.15) is 0 Å². The summed E-state index contributed by atoms with van der Waals surface area (Å²) in [6.45, 7) is 10.7. The Hall–Kier alpha value is -1.58. The van der Waals surface area contributed by atoms with Crippen LogP contribution in [-0.4, -0.2) is 22.5 Å². The molecule has 1 amide bonds. The molecule has 21 heavy (non-hydrogen) atoms. The smallest absolute Gasteiger partial charge is 0.253 e. The van der Waals surface area contributed by atoms with E-state index in [1.54, 1.807) is 6.20 Å². The molecule has 1 fully saturated rings. The molecule has 4 nitrogen and oxygen atoms in total. The second-order valence-corrected chi connectivity index (χ2v) is 7.93. The summed E-state index contributed by atoms with van der Waals surface area (Å²) < 4.78 is 0. The molecule has 1 heterocycles. The van der Waals surface area contributed by atoms with Crippen LogP contribution in [0.25, 0.3) is 0 Å². The van der Waals surface area contributed by atoms with Gasteiger partial charge in [0.15, 0.2) is 0 Å². The van der Waals surface area contributed by atoms with Crippen molar-refractivity contribution in [2.45, 2.75) is 65.5 Å². The fraction of sp³-hybridized carbons (Fsp3) is 0.647. The van der Waals surface area contributed by atoms with Crippen LogP contribution >= 0.6 is 0 Å². The largest absolute Gasteiger partial charge is 0.367 e. The van der Waals surface area contributed by atoms with Gasteiger partial charge in [0, 0.05) is 17.8 Å². The average molecular weight is 289 g/mol. The van der Waals surface area contributed by atoms with Crippen LogP contribution in [0.3, 0.4) is 0 Å². The van der Waals surface area contributed by atoms with Gasteiger partial charge in [0.25, 0.3) is 5.91 Å². The molecule has 0 aromatic carbocycles. The van der Waals surface area contributed by atoms with Crippen molar-refractivity contribution in [3.8, 4) is 0 Å². The van der Waals surface area contributed by atoms with Crippen LogP contribution in [0.2, 0.25) is 0 Å². The quantitative estimate of drug-likeness (QED) is 0.870. The predicted molar refractivity (Wildman–Crippen MR) is 86.5 cm³/mol. The number of nitrogens with zero attached hydrogens (tertiary/aromatic N) is 1. The first-order valence-electron chi connectivity index (χ1n) is 7.70. The molecule has 1 aliphatic carbocycles. The summed E-state index contributed by atoms with van der Waals surface area (Å²) in [7, 11) is 0. The molecule has 0 bridgehead atoms. The van der Waals surface area contributed by atoms with Crippen LogP contribution in [0.5, 0.6) is 0 Å². The van der Waals surface area contributed by atoms with Crippen LogP contribution in [0, 0.1) is 5.41 Å². The van der Waals surface area contributed by atoms with E-state index in [9.17, 15) is 4.79 Å². The van der Waals surface area contributed by atoms with E-state index in [0.717, 1.165) is 12.2 Å². The average Bonchev–Trinajstić information content (AvgIpc) is 3.09. The van der Waals surface area contributed by atoms with E-state index in [1.165, 1.54) is 12.8 Å². The van der Waals surface area contributed by atoms with Crippen molar-refractivity contribution in [1.82, 2.24) is 10.3 Å². The van der Waals surface area contributed by atoms with E-state index < -0.39 is 0 Å². The standard InChI is InChI=1S/C17H27N3O/c1-16(2,3)11-17(4,5)20-15(21)12-6-9-14(18-10-12)19-13-7-8-13/h6,9-10,13H,7-8,11H2,1-5H3,(H,18,19)(H,20,21). The SMILES string of the molecule is CC(C)(C)CC(C)(C)NC(=O)c1ccc(NC2CC2)nc1. The van der Waals surface area contributed by atoms with Crippen LogP contribution in [0.15, 0.2) is 18.3 Å². The number of carbonyl (C=O) groups excluding carboxylic acids is 1. The molecule has 2 N–H and O–H groups in total. The molecule has 4 heteroatoms. The monoisotopic (exact) mass is 289 g/mol. The van der Waals surface area contributed by atoms with Gasteiger partial charge in [-0.25, -0.2) is 4.98 Å². The lowest BCUT2D eigenvalue weighted by Gasteiger charge is -2.33. The zero-order valence-corrected chi connectivity index (χ0v) is 13.8. The van der Waals surface area contributed by atoms with E-state index in [4.69, 9.17) is 0 Å². The normalized spacial score (nSPS) is 15.7. The number of rotatable bonds is 5. The Morgan fingerprint density at radius 3 is 2.38 bits per heavy atom. The molecule has 0 unspecified atom stereocenters. The number of anilines is 1. The first kappa shape index (κ1) is 15.8. The molecule has 116 valence electrons. The molecule has 0 spiro atoms. The molecular formula is C17H27N3O. The van der Waals surface area contributed by atoms with E-state index in [0.29, 0.717) is 11.6 Å². The third-order valence-electron chi connectivity index (χ3n) is 3.38. The minimum atomic E-state index is -0.236. The van der Waals surface area contributed by atoms with Crippen molar-refractivity contribution in [1.29, 1.82) is 0 Å². The summed E-state index contributed by atoms with van der Waals surface area (Å²) in [4.78, 5) is 16.6. The van der Waals surface area contributed by atoms with E-state index in [2.05, 4.69) is 50.2 Å². The molecule has 2 rings (SSSR count). The van der Waals surface area contributed by atoms with Crippen molar-refractivity contribution in [3.05, 3.63) is 23.9 Å². The third-order valence-corrected chi connectivity index (χ3v) is 3.38. The Morgan fingerprint density at radius 1 is 1.24 bits per heavy atom. The van der Waals surface area contributed by atoms with Crippen molar-refractivity contribution in [3.63, 3.8) is 0 Å². The van der Waals surface area contributed by atoms with Gasteiger partial charge in [-0.15, -0.1) is 0 Å². The van der Waals surface area contributed by atoms with E-state index in [1.807, 2.05) is 12.1 Å². The molecule has 1 aromatic rings. The number of hydrogen-bond acceptors (Lipinski definition) is 3. The molecule has 1 saturated carbocycles. The molecule has 1 aromatic heterocycles. The van der Waals surface area contributed by atoms with E-state index in [-0.39, 0.29) is 16.9 Å². The number of amides is 1. The maximum absolute atomic E-state index is 12.3. The zero-order valence-electron chi connectivity index (χ0n) is 13.8. The maximum Gasteiger partial charge on any atom is 0.253 e. The molecular weight excluding hydrogens is 262 g/mol. The highest BCUT2D eigenvalue weighted by molar-refractivity contribution is 5.94. The van der Waals surface area contributed by atoms with Gasteiger partial charge >= 0.3 is 0 Å². The van der Waals surface area contributed by atoms with Crippen LogP contribution in [0.1, 0.15) is 64.2 Å². The van der Waals surface area contributed by atoms with E-state index >= 15 is 0 Å². The van der Waals surface area contributed by atoms with Crippen molar-refractivity contribution >= 4 is 11.7 Å². The Labute approximate surface area is 127 Å². The topological polar surface area (TPSA) is 54.0 Å². The fourth-order valence-electron chi connectivity index (χ4n) is 2.80. The predicted octanol–water partition coefficient (Wildman–Crippen LogP) is 3.60. The Morgan fingerprint density at radius 2 is 1.90 bits per heavy atom. The second-order valence-electron chi connectivity index (χ2n) is 7.93. The number of aromatic nitrogens is 1. The first-order valence-corrected chi connectivity index (χ1v) is 7.70. The summed E-state index contributed by atoms with van der Waals surface area (Å²) in [5.41, 5.74) is 0.547. The highest BCUT2D eigenvalue weighted by atomic mass is 16.1. The third kappa shape index (κ3) is 5.37. The summed E-state index contributed by atoms with van der Waals surface area (Å²) >= 11 is 0. The summed E-state index contributed by atoms with van der Waals surface area (Å²) in [6.07, 6.45) is 4.99. The van der Waals surface area contributed by atoms with Gasteiger partial charge in [0.2, 0.25) is 0 Å². The first-order chi connectivity index (χ1) is 9.65. The van der Waals surface area contributed by atoms with Gasteiger partial charge < -0.3 is 10.6 Å². The van der Waals surface area contributed by atoms with Crippen LogP contribution < -0.4 is 10.6 Å². The summed E-state index contributed by atoms with van der Waals surface area (Å²) in [6, 6.07) is 4.28. The Kier molecular flexibility index (Phi) is 4.26. The molecule has 0 aliphatic heterocycles.